The maximum absolute atomic E-state index is 5.95. The number of rotatable bonds is 4. The van der Waals surface area contributed by atoms with Crippen molar-refractivity contribution >= 4 is 0 Å². The van der Waals surface area contributed by atoms with Gasteiger partial charge in [-0.15, -0.1) is 0 Å². The quantitative estimate of drug-likeness (QED) is 0.671. The van der Waals surface area contributed by atoms with E-state index in [1.807, 2.05) is 25.1 Å². The van der Waals surface area contributed by atoms with Crippen LogP contribution in [0, 0.1) is 6.92 Å². The molecule has 25 heavy (non-hydrogen) atoms. The van der Waals surface area contributed by atoms with Crippen LogP contribution >= 0.6 is 0 Å². The van der Waals surface area contributed by atoms with Gasteiger partial charge in [-0.3, -0.25) is 4.90 Å². The molecule has 2 heterocycles. The first kappa shape index (κ1) is 16.1. The monoisotopic (exact) mass is 332 g/mol. The highest BCUT2D eigenvalue weighted by atomic mass is 16.4. The average Bonchev–Trinajstić information content (AvgIpc) is 3.06. The smallest absolute Gasteiger partial charge is 0.226 e. The van der Waals surface area contributed by atoms with Gasteiger partial charge < -0.3 is 4.42 Å². The Morgan fingerprint density at radius 3 is 2.28 bits per heavy atom. The molecule has 2 aromatic carbocycles. The largest absolute Gasteiger partial charge is 0.441 e. The second-order valence-corrected chi connectivity index (χ2v) is 6.86. The summed E-state index contributed by atoms with van der Waals surface area (Å²) in [5.41, 5.74) is 3.60. The summed E-state index contributed by atoms with van der Waals surface area (Å²) >= 11 is 0. The van der Waals surface area contributed by atoms with Gasteiger partial charge in [0, 0.05) is 18.0 Å². The van der Waals surface area contributed by atoms with Gasteiger partial charge in [0.2, 0.25) is 5.89 Å². The number of hydrogen-bond acceptors (Lipinski definition) is 3. The molecule has 4 rings (SSSR count). The number of piperidine rings is 1. The third-order valence-corrected chi connectivity index (χ3v) is 5.08. The van der Waals surface area contributed by atoms with Gasteiger partial charge in [-0.2, -0.15) is 0 Å². The molecule has 0 saturated carbocycles. The van der Waals surface area contributed by atoms with Gasteiger partial charge in [-0.25, -0.2) is 4.98 Å². The molecule has 0 atom stereocenters. The summed E-state index contributed by atoms with van der Waals surface area (Å²) in [6, 6.07) is 20.9. The summed E-state index contributed by atoms with van der Waals surface area (Å²) in [7, 11) is 0. The SMILES string of the molecule is Cc1oc(-c2ccccc2)nc1C1CCN(Cc2ccccc2)CC1. The summed E-state index contributed by atoms with van der Waals surface area (Å²) in [6.07, 6.45) is 2.29. The topological polar surface area (TPSA) is 29.3 Å². The lowest BCUT2D eigenvalue weighted by Crippen LogP contribution is -2.32. The van der Waals surface area contributed by atoms with E-state index in [-0.39, 0.29) is 0 Å². The molecular formula is C22H24N2O. The molecule has 0 unspecified atom stereocenters. The molecule has 3 heteroatoms. The van der Waals surface area contributed by atoms with Crippen LogP contribution in [-0.2, 0) is 6.54 Å². The fourth-order valence-electron chi connectivity index (χ4n) is 3.70. The van der Waals surface area contributed by atoms with Crippen LogP contribution in [0.15, 0.2) is 65.1 Å². The van der Waals surface area contributed by atoms with Gasteiger partial charge in [0.05, 0.1) is 5.69 Å². The Balaban J connectivity index is 1.42. The Hall–Kier alpha value is -2.39. The molecule has 0 radical (unpaired) electrons. The van der Waals surface area contributed by atoms with E-state index < -0.39 is 0 Å². The summed E-state index contributed by atoms with van der Waals surface area (Å²) in [6.45, 7) is 5.32. The first-order valence-corrected chi connectivity index (χ1v) is 9.08. The van der Waals surface area contributed by atoms with Crippen LogP contribution in [0.4, 0.5) is 0 Å². The van der Waals surface area contributed by atoms with E-state index in [2.05, 4.69) is 47.4 Å². The molecule has 1 aliphatic heterocycles. The predicted molar refractivity (Wildman–Crippen MR) is 100 cm³/mol. The zero-order valence-corrected chi connectivity index (χ0v) is 14.7. The van der Waals surface area contributed by atoms with Gasteiger partial charge in [0.1, 0.15) is 5.76 Å². The molecule has 1 aliphatic rings. The molecule has 0 amide bonds. The number of hydrogen-bond donors (Lipinski definition) is 0. The number of oxazole rings is 1. The van der Waals surface area contributed by atoms with Crippen molar-refractivity contribution in [1.29, 1.82) is 0 Å². The molecule has 3 nitrogen and oxygen atoms in total. The summed E-state index contributed by atoms with van der Waals surface area (Å²) in [5.74, 6) is 2.23. The summed E-state index contributed by atoms with van der Waals surface area (Å²) in [4.78, 5) is 7.37. The van der Waals surface area contributed by atoms with E-state index in [1.165, 1.54) is 5.56 Å². The highest BCUT2D eigenvalue weighted by Crippen LogP contribution is 2.32. The van der Waals surface area contributed by atoms with Crippen LogP contribution in [0.3, 0.4) is 0 Å². The van der Waals surface area contributed by atoms with Crippen LogP contribution in [0.25, 0.3) is 11.5 Å². The molecule has 0 N–H and O–H groups in total. The summed E-state index contributed by atoms with van der Waals surface area (Å²) in [5, 5.41) is 0. The predicted octanol–water partition coefficient (Wildman–Crippen LogP) is 5.03. The number of nitrogens with zero attached hydrogens (tertiary/aromatic N) is 2. The molecule has 1 fully saturated rings. The van der Waals surface area contributed by atoms with Crippen LogP contribution in [0.2, 0.25) is 0 Å². The van der Waals surface area contributed by atoms with Crippen LogP contribution in [-0.4, -0.2) is 23.0 Å². The lowest BCUT2D eigenvalue weighted by molar-refractivity contribution is 0.203. The number of likely N-dealkylation sites (tertiary alicyclic amines) is 1. The minimum atomic E-state index is 0.508. The van der Waals surface area contributed by atoms with Gasteiger partial charge in [0.15, 0.2) is 0 Å². The summed E-state index contributed by atoms with van der Waals surface area (Å²) < 4.78 is 5.95. The molecule has 0 bridgehead atoms. The molecule has 0 aliphatic carbocycles. The van der Waals surface area contributed by atoms with Gasteiger partial charge >= 0.3 is 0 Å². The molecule has 128 valence electrons. The molecule has 1 aromatic heterocycles. The third-order valence-electron chi connectivity index (χ3n) is 5.08. The number of aryl methyl sites for hydroxylation is 1. The average molecular weight is 332 g/mol. The van der Waals surface area contributed by atoms with Crippen molar-refractivity contribution in [2.45, 2.75) is 32.2 Å². The zero-order chi connectivity index (χ0) is 17.1. The second kappa shape index (κ2) is 7.24. The second-order valence-electron chi connectivity index (χ2n) is 6.86. The first-order chi connectivity index (χ1) is 12.3. The van der Waals surface area contributed by atoms with E-state index in [4.69, 9.17) is 9.40 Å². The van der Waals surface area contributed by atoms with E-state index in [0.29, 0.717) is 5.92 Å². The molecule has 3 aromatic rings. The van der Waals surface area contributed by atoms with Gasteiger partial charge in [-0.1, -0.05) is 48.5 Å². The van der Waals surface area contributed by atoms with Crippen LogP contribution in [0.5, 0.6) is 0 Å². The van der Waals surface area contributed by atoms with E-state index >= 15 is 0 Å². The minimum Gasteiger partial charge on any atom is -0.441 e. The van der Waals surface area contributed by atoms with Gasteiger partial charge in [-0.05, 0) is 50.6 Å². The Morgan fingerprint density at radius 1 is 0.960 bits per heavy atom. The van der Waals surface area contributed by atoms with Crippen LogP contribution < -0.4 is 0 Å². The lowest BCUT2D eigenvalue weighted by atomic mass is 9.92. The standard InChI is InChI=1S/C22H24N2O/c1-17-21(23-22(25-17)20-10-6-3-7-11-20)19-12-14-24(15-13-19)16-18-8-4-2-5-9-18/h2-11,19H,12-16H2,1H3. The Labute approximate surface area is 149 Å². The van der Waals surface area contributed by atoms with Crippen molar-refractivity contribution < 1.29 is 4.42 Å². The zero-order valence-electron chi connectivity index (χ0n) is 14.7. The normalized spacial score (nSPS) is 16.2. The number of aromatic nitrogens is 1. The molecular weight excluding hydrogens is 308 g/mol. The van der Waals surface area contributed by atoms with E-state index in [1.54, 1.807) is 0 Å². The minimum absolute atomic E-state index is 0.508. The highest BCUT2D eigenvalue weighted by molar-refractivity contribution is 5.53. The first-order valence-electron chi connectivity index (χ1n) is 9.08. The Kier molecular flexibility index (Phi) is 4.66. The third kappa shape index (κ3) is 3.67. The molecule has 1 saturated heterocycles. The maximum atomic E-state index is 5.95. The van der Waals surface area contributed by atoms with Crippen LogP contribution in [0.1, 0.15) is 35.8 Å². The Bertz CT molecular complexity index is 803. The van der Waals surface area contributed by atoms with Crippen molar-refractivity contribution in [3.8, 4) is 11.5 Å². The van der Waals surface area contributed by atoms with Crippen molar-refractivity contribution in [2.24, 2.45) is 0 Å². The van der Waals surface area contributed by atoms with E-state index in [9.17, 15) is 0 Å². The van der Waals surface area contributed by atoms with Crippen molar-refractivity contribution in [2.75, 3.05) is 13.1 Å². The maximum Gasteiger partial charge on any atom is 0.226 e. The van der Waals surface area contributed by atoms with Crippen molar-refractivity contribution in [1.82, 2.24) is 9.88 Å². The number of benzene rings is 2. The van der Waals surface area contributed by atoms with E-state index in [0.717, 1.165) is 55.4 Å². The highest BCUT2D eigenvalue weighted by Gasteiger charge is 2.25. The lowest BCUT2D eigenvalue weighted by Gasteiger charge is -2.31. The van der Waals surface area contributed by atoms with Gasteiger partial charge in [0.25, 0.3) is 0 Å². The van der Waals surface area contributed by atoms with Crippen molar-refractivity contribution in [3.63, 3.8) is 0 Å². The van der Waals surface area contributed by atoms with Crippen molar-refractivity contribution in [3.05, 3.63) is 77.7 Å². The molecule has 0 spiro atoms. The fourth-order valence-corrected chi connectivity index (χ4v) is 3.70. The fraction of sp³-hybridized carbons (Fsp3) is 0.318. The Morgan fingerprint density at radius 2 is 1.60 bits per heavy atom.